The molecule has 1 N–H and O–H groups in total. The average Bonchev–Trinajstić information content (AvgIpc) is 2.95. The van der Waals surface area contributed by atoms with Crippen LogP contribution in [0.4, 0.5) is 13.2 Å². The molecule has 4 rings (SSSR count). The number of benzene rings is 2. The molecule has 0 saturated carbocycles. The molecule has 2 aromatic carbocycles. The molecule has 0 aliphatic rings. The monoisotopic (exact) mass is 448 g/mol. The Labute approximate surface area is 165 Å². The van der Waals surface area contributed by atoms with Gasteiger partial charge in [-0.25, -0.2) is 9.78 Å². The maximum Gasteiger partial charge on any atom is 0.416 e. The summed E-state index contributed by atoms with van der Waals surface area (Å²) >= 11 is 3.42. The van der Waals surface area contributed by atoms with Crippen molar-refractivity contribution in [2.75, 3.05) is 0 Å². The van der Waals surface area contributed by atoms with Crippen molar-refractivity contribution in [3.05, 3.63) is 64.3 Å². The number of carbonyl (C=O) groups is 1. The van der Waals surface area contributed by atoms with E-state index >= 15 is 0 Å². The molecule has 2 heterocycles. The molecular formula is C20H12BrF3N2O2. The number of halogens is 4. The number of carboxylic acids is 1. The summed E-state index contributed by atoms with van der Waals surface area (Å²) in [5.41, 5.74) is 1.06. The fourth-order valence-electron chi connectivity index (χ4n) is 3.29. The molecule has 8 heteroatoms. The highest BCUT2D eigenvalue weighted by Gasteiger charge is 2.31. The molecule has 28 heavy (non-hydrogen) atoms. The Kier molecular flexibility index (Phi) is 4.19. The Balaban J connectivity index is 2.02. The van der Waals surface area contributed by atoms with Crippen LogP contribution >= 0.6 is 15.9 Å². The van der Waals surface area contributed by atoms with Gasteiger partial charge in [-0.3, -0.25) is 0 Å². The van der Waals surface area contributed by atoms with Gasteiger partial charge in [0, 0.05) is 39.6 Å². The minimum Gasteiger partial charge on any atom is -0.478 e. The van der Waals surface area contributed by atoms with Crippen molar-refractivity contribution in [1.29, 1.82) is 0 Å². The first-order valence-electron chi connectivity index (χ1n) is 8.15. The molecule has 0 saturated heterocycles. The number of fused-ring (bicyclic) bond motifs is 2. The number of hydrogen-bond donors (Lipinski definition) is 1. The maximum absolute atomic E-state index is 13.0. The molecule has 142 valence electrons. The lowest BCUT2D eigenvalue weighted by Crippen LogP contribution is -2.06. The second-order valence-corrected chi connectivity index (χ2v) is 7.32. The minimum atomic E-state index is -4.56. The third-order valence-electron chi connectivity index (χ3n) is 4.59. The third kappa shape index (κ3) is 3.03. The molecule has 4 nitrogen and oxygen atoms in total. The van der Waals surface area contributed by atoms with Gasteiger partial charge >= 0.3 is 12.1 Å². The van der Waals surface area contributed by atoms with Crippen LogP contribution in [-0.4, -0.2) is 20.6 Å². The Morgan fingerprint density at radius 1 is 1.11 bits per heavy atom. The van der Waals surface area contributed by atoms with Crippen LogP contribution in [0, 0.1) is 0 Å². The lowest BCUT2D eigenvalue weighted by Gasteiger charge is -2.10. The van der Waals surface area contributed by atoms with Gasteiger partial charge in [0.05, 0.1) is 22.3 Å². The fraction of sp³-hybridized carbons (Fsp3) is 0.100. The van der Waals surface area contributed by atoms with Crippen LogP contribution in [0.25, 0.3) is 33.1 Å². The van der Waals surface area contributed by atoms with Crippen molar-refractivity contribution < 1.29 is 23.1 Å². The molecule has 0 radical (unpaired) electrons. The van der Waals surface area contributed by atoms with Crippen LogP contribution in [0.15, 0.2) is 53.1 Å². The normalized spacial score (nSPS) is 12.0. The number of aryl methyl sites for hydroxylation is 1. The first kappa shape index (κ1) is 18.5. The lowest BCUT2D eigenvalue weighted by atomic mass is 10.0. The molecule has 0 amide bonds. The van der Waals surface area contributed by atoms with Crippen molar-refractivity contribution in [3.63, 3.8) is 0 Å². The van der Waals surface area contributed by atoms with Gasteiger partial charge in [-0.2, -0.15) is 13.2 Å². The lowest BCUT2D eigenvalue weighted by molar-refractivity contribution is -0.137. The van der Waals surface area contributed by atoms with Gasteiger partial charge in [0.25, 0.3) is 0 Å². The summed E-state index contributed by atoms with van der Waals surface area (Å²) in [6.07, 6.45) is -2.74. The van der Waals surface area contributed by atoms with E-state index in [-0.39, 0.29) is 16.5 Å². The second kappa shape index (κ2) is 6.34. The first-order valence-corrected chi connectivity index (χ1v) is 8.94. The molecule has 0 aliphatic carbocycles. The summed E-state index contributed by atoms with van der Waals surface area (Å²) < 4.78 is 41.8. The highest BCUT2D eigenvalue weighted by atomic mass is 79.9. The van der Waals surface area contributed by atoms with E-state index in [0.717, 1.165) is 27.5 Å². The van der Waals surface area contributed by atoms with Crippen molar-refractivity contribution >= 4 is 43.7 Å². The summed E-state index contributed by atoms with van der Waals surface area (Å²) in [5.74, 6) is -1.31. The molecule has 0 fully saturated rings. The number of carboxylic acid groups (broad SMARTS) is 1. The van der Waals surface area contributed by atoms with Gasteiger partial charge < -0.3 is 9.67 Å². The van der Waals surface area contributed by atoms with Crippen LogP contribution in [0.3, 0.4) is 0 Å². The first-order chi connectivity index (χ1) is 13.1. The van der Waals surface area contributed by atoms with E-state index in [9.17, 15) is 23.1 Å². The summed E-state index contributed by atoms with van der Waals surface area (Å²) in [5, 5.41) is 10.4. The average molecular weight is 449 g/mol. The van der Waals surface area contributed by atoms with Gasteiger partial charge in [0.2, 0.25) is 0 Å². The van der Waals surface area contributed by atoms with E-state index in [1.165, 1.54) is 12.1 Å². The number of hydrogen-bond acceptors (Lipinski definition) is 2. The topological polar surface area (TPSA) is 55.1 Å². The second-order valence-electron chi connectivity index (χ2n) is 6.41. The minimum absolute atomic E-state index is 0.0486. The summed E-state index contributed by atoms with van der Waals surface area (Å²) in [6.45, 7) is 0. The Bertz CT molecular complexity index is 1260. The smallest absolute Gasteiger partial charge is 0.416 e. The summed E-state index contributed by atoms with van der Waals surface area (Å²) in [6, 6.07) is 9.96. The van der Waals surface area contributed by atoms with Crippen LogP contribution < -0.4 is 0 Å². The highest BCUT2D eigenvalue weighted by Crippen LogP contribution is 2.35. The number of nitrogens with zero attached hydrogens (tertiary/aromatic N) is 2. The van der Waals surface area contributed by atoms with Crippen LogP contribution in [-0.2, 0) is 13.2 Å². The Hall–Kier alpha value is -2.87. The zero-order valence-electron chi connectivity index (χ0n) is 14.4. The zero-order valence-corrected chi connectivity index (χ0v) is 16.0. The third-order valence-corrected chi connectivity index (χ3v) is 5.09. The quantitative estimate of drug-likeness (QED) is 0.416. The molecular weight excluding hydrogens is 437 g/mol. The zero-order chi connectivity index (χ0) is 20.2. The fourth-order valence-corrected chi connectivity index (χ4v) is 3.65. The molecule has 0 unspecified atom stereocenters. The number of rotatable bonds is 2. The van der Waals surface area contributed by atoms with E-state index in [0.29, 0.717) is 11.3 Å². The van der Waals surface area contributed by atoms with Gasteiger partial charge in [-0.15, -0.1) is 0 Å². The van der Waals surface area contributed by atoms with Crippen molar-refractivity contribution in [2.45, 2.75) is 6.18 Å². The maximum atomic E-state index is 13.0. The number of aromatic nitrogens is 2. The molecule has 0 atom stereocenters. The van der Waals surface area contributed by atoms with E-state index in [4.69, 9.17) is 0 Å². The highest BCUT2D eigenvalue weighted by molar-refractivity contribution is 9.10. The predicted octanol–water partition coefficient (Wildman–Crippen LogP) is 5.87. The van der Waals surface area contributed by atoms with Crippen molar-refractivity contribution in [1.82, 2.24) is 9.55 Å². The molecule has 4 aromatic rings. The molecule has 0 spiro atoms. The molecule has 2 aromatic heterocycles. The van der Waals surface area contributed by atoms with Crippen molar-refractivity contribution in [3.8, 4) is 11.3 Å². The van der Waals surface area contributed by atoms with Gasteiger partial charge in [-0.1, -0.05) is 15.9 Å². The van der Waals surface area contributed by atoms with Crippen molar-refractivity contribution in [2.24, 2.45) is 7.05 Å². The SMILES string of the molecule is Cn1cc(-c2cc(C(=O)O)c3cc(C(F)(F)F)ccc3n2)c2cc(Br)ccc21. The largest absolute Gasteiger partial charge is 0.478 e. The van der Waals surface area contributed by atoms with E-state index in [2.05, 4.69) is 20.9 Å². The Morgan fingerprint density at radius 3 is 2.54 bits per heavy atom. The van der Waals surface area contributed by atoms with Gasteiger partial charge in [0.15, 0.2) is 0 Å². The molecule has 0 aliphatic heterocycles. The number of aromatic carboxylic acids is 1. The summed E-state index contributed by atoms with van der Waals surface area (Å²) in [4.78, 5) is 16.2. The van der Waals surface area contributed by atoms with Crippen LogP contribution in [0.2, 0.25) is 0 Å². The summed E-state index contributed by atoms with van der Waals surface area (Å²) in [7, 11) is 1.86. The predicted molar refractivity (Wildman–Crippen MR) is 103 cm³/mol. The Morgan fingerprint density at radius 2 is 1.86 bits per heavy atom. The van der Waals surface area contributed by atoms with E-state index < -0.39 is 17.7 Å². The number of pyridine rings is 1. The van der Waals surface area contributed by atoms with Crippen LogP contribution in [0.5, 0.6) is 0 Å². The van der Waals surface area contributed by atoms with E-state index in [1.807, 2.05) is 36.0 Å². The standard InChI is InChI=1S/C20H12BrF3N2O2/c1-26-9-15(13-7-11(21)3-5-18(13)26)17-8-14(19(27)28)12-6-10(20(22,23)24)2-4-16(12)25-17/h2-9H,1H3,(H,27,28). The van der Waals surface area contributed by atoms with Gasteiger partial charge in [0.1, 0.15) is 0 Å². The van der Waals surface area contributed by atoms with E-state index in [1.54, 1.807) is 0 Å². The number of alkyl halides is 3. The van der Waals surface area contributed by atoms with Gasteiger partial charge in [-0.05, 0) is 42.5 Å². The molecule has 0 bridgehead atoms. The van der Waals surface area contributed by atoms with Crippen LogP contribution in [0.1, 0.15) is 15.9 Å².